The van der Waals surface area contributed by atoms with E-state index >= 15 is 0 Å². The van der Waals surface area contributed by atoms with Crippen molar-refractivity contribution in [2.45, 2.75) is 4.90 Å². The number of benzene rings is 2. The molecule has 0 aromatic heterocycles. The lowest BCUT2D eigenvalue weighted by molar-refractivity contribution is -0.113. The van der Waals surface area contributed by atoms with Crippen molar-refractivity contribution in [2.24, 2.45) is 0 Å². The Labute approximate surface area is 155 Å². The number of carbonyl (C=O) groups is 2. The van der Waals surface area contributed by atoms with Crippen LogP contribution in [0.5, 0.6) is 0 Å². The van der Waals surface area contributed by atoms with Crippen molar-refractivity contribution in [3.63, 3.8) is 0 Å². The summed E-state index contributed by atoms with van der Waals surface area (Å²) in [5.41, 5.74) is 3.08. The summed E-state index contributed by atoms with van der Waals surface area (Å²) in [5.74, 6) is 0.170. The SMILES string of the molecule is O=C1CSc2ccc(C(=O)Nc3ccc(N4CCOCC4)cc3)cc2N1. The molecule has 0 bridgehead atoms. The zero-order valence-corrected chi connectivity index (χ0v) is 15.0. The predicted molar refractivity (Wildman–Crippen MR) is 103 cm³/mol. The van der Waals surface area contributed by atoms with Crippen LogP contribution >= 0.6 is 11.8 Å². The number of thioether (sulfide) groups is 1. The average Bonchev–Trinajstić information content (AvgIpc) is 2.68. The Bertz CT molecular complexity index is 832. The fourth-order valence-corrected chi connectivity index (χ4v) is 3.79. The molecule has 2 aromatic carbocycles. The monoisotopic (exact) mass is 369 g/mol. The van der Waals surface area contributed by atoms with Crippen LogP contribution in [-0.2, 0) is 9.53 Å². The maximum atomic E-state index is 12.5. The number of fused-ring (bicyclic) bond motifs is 1. The van der Waals surface area contributed by atoms with Gasteiger partial charge in [0.15, 0.2) is 0 Å². The van der Waals surface area contributed by atoms with E-state index in [0.717, 1.165) is 42.6 Å². The van der Waals surface area contributed by atoms with Crippen molar-refractivity contribution in [1.29, 1.82) is 0 Å². The highest BCUT2D eigenvalue weighted by atomic mass is 32.2. The van der Waals surface area contributed by atoms with Gasteiger partial charge in [0, 0.05) is 34.9 Å². The quantitative estimate of drug-likeness (QED) is 0.871. The summed E-state index contributed by atoms with van der Waals surface area (Å²) in [6.07, 6.45) is 0. The van der Waals surface area contributed by atoms with Gasteiger partial charge < -0.3 is 20.3 Å². The normalized spacial score (nSPS) is 16.6. The summed E-state index contributed by atoms with van der Waals surface area (Å²) in [6, 6.07) is 13.2. The van der Waals surface area contributed by atoms with Gasteiger partial charge in [-0.15, -0.1) is 11.8 Å². The second-order valence-corrected chi connectivity index (χ2v) is 7.17. The molecular weight excluding hydrogens is 350 g/mol. The number of nitrogens with zero attached hydrogens (tertiary/aromatic N) is 1. The molecule has 0 spiro atoms. The molecule has 2 heterocycles. The van der Waals surface area contributed by atoms with Crippen LogP contribution in [0, 0.1) is 0 Å². The lowest BCUT2D eigenvalue weighted by Crippen LogP contribution is -2.36. The number of nitrogens with one attached hydrogen (secondary N) is 2. The molecule has 1 saturated heterocycles. The number of amides is 2. The van der Waals surface area contributed by atoms with Gasteiger partial charge in [0.25, 0.3) is 5.91 Å². The van der Waals surface area contributed by atoms with Crippen LogP contribution in [0.3, 0.4) is 0 Å². The van der Waals surface area contributed by atoms with Crippen LogP contribution < -0.4 is 15.5 Å². The Hall–Kier alpha value is -2.51. The Morgan fingerprint density at radius 2 is 1.88 bits per heavy atom. The highest BCUT2D eigenvalue weighted by Gasteiger charge is 2.17. The van der Waals surface area contributed by atoms with Gasteiger partial charge in [-0.3, -0.25) is 9.59 Å². The minimum atomic E-state index is -0.197. The Balaban J connectivity index is 1.44. The van der Waals surface area contributed by atoms with E-state index in [0.29, 0.717) is 17.0 Å². The lowest BCUT2D eigenvalue weighted by Gasteiger charge is -2.28. The smallest absolute Gasteiger partial charge is 0.255 e. The largest absolute Gasteiger partial charge is 0.378 e. The van der Waals surface area contributed by atoms with Gasteiger partial charge in [0.05, 0.1) is 24.7 Å². The van der Waals surface area contributed by atoms with Crippen molar-refractivity contribution < 1.29 is 14.3 Å². The van der Waals surface area contributed by atoms with E-state index < -0.39 is 0 Å². The van der Waals surface area contributed by atoms with Crippen LogP contribution in [0.25, 0.3) is 0 Å². The standard InChI is InChI=1S/C19H19N3O3S/c23-18-12-26-17-6-1-13(11-16(17)21-18)19(24)20-14-2-4-15(5-3-14)22-7-9-25-10-8-22/h1-6,11H,7-10,12H2,(H,20,24)(H,21,23). The molecule has 0 atom stereocenters. The van der Waals surface area contributed by atoms with E-state index in [9.17, 15) is 9.59 Å². The van der Waals surface area contributed by atoms with Crippen LogP contribution in [-0.4, -0.2) is 43.9 Å². The first-order chi connectivity index (χ1) is 12.7. The molecule has 2 aliphatic heterocycles. The second kappa shape index (κ2) is 7.39. The molecule has 0 aliphatic carbocycles. The summed E-state index contributed by atoms with van der Waals surface area (Å²) in [7, 11) is 0. The topological polar surface area (TPSA) is 70.7 Å². The lowest BCUT2D eigenvalue weighted by atomic mass is 10.1. The molecule has 0 radical (unpaired) electrons. The van der Waals surface area contributed by atoms with Gasteiger partial charge in [-0.05, 0) is 42.5 Å². The molecule has 7 heteroatoms. The highest BCUT2D eigenvalue weighted by Crippen LogP contribution is 2.32. The number of morpholine rings is 1. The van der Waals surface area contributed by atoms with Crippen LogP contribution in [0.15, 0.2) is 47.4 Å². The number of hydrogen-bond donors (Lipinski definition) is 2. The third-order valence-corrected chi connectivity index (χ3v) is 5.45. The highest BCUT2D eigenvalue weighted by molar-refractivity contribution is 8.00. The molecule has 2 aliphatic rings. The first-order valence-electron chi connectivity index (χ1n) is 8.50. The van der Waals surface area contributed by atoms with Crippen LogP contribution in [0.1, 0.15) is 10.4 Å². The van der Waals surface area contributed by atoms with E-state index in [1.54, 1.807) is 12.1 Å². The summed E-state index contributed by atoms with van der Waals surface area (Å²) in [5, 5.41) is 5.71. The van der Waals surface area contributed by atoms with Crippen molar-refractivity contribution in [2.75, 3.05) is 47.6 Å². The van der Waals surface area contributed by atoms with E-state index in [4.69, 9.17) is 4.74 Å². The molecule has 1 fully saturated rings. The molecule has 0 unspecified atom stereocenters. The molecule has 4 rings (SSSR count). The molecule has 2 aromatic rings. The van der Waals surface area contributed by atoms with E-state index in [-0.39, 0.29) is 11.8 Å². The maximum Gasteiger partial charge on any atom is 0.255 e. The zero-order valence-electron chi connectivity index (χ0n) is 14.2. The van der Waals surface area contributed by atoms with E-state index in [2.05, 4.69) is 15.5 Å². The maximum absolute atomic E-state index is 12.5. The Kier molecular flexibility index (Phi) is 4.81. The molecule has 2 N–H and O–H groups in total. The first kappa shape index (κ1) is 16.9. The van der Waals surface area contributed by atoms with Crippen molar-refractivity contribution in [3.8, 4) is 0 Å². The van der Waals surface area contributed by atoms with Gasteiger partial charge in [0.2, 0.25) is 5.91 Å². The van der Waals surface area contributed by atoms with Crippen LogP contribution in [0.4, 0.5) is 17.1 Å². The van der Waals surface area contributed by atoms with Gasteiger partial charge in [-0.2, -0.15) is 0 Å². The predicted octanol–water partition coefficient (Wildman–Crippen LogP) is 2.82. The fourth-order valence-electron chi connectivity index (χ4n) is 3.00. The summed E-state index contributed by atoms with van der Waals surface area (Å²) >= 11 is 1.48. The molecule has 134 valence electrons. The number of rotatable bonds is 3. The van der Waals surface area contributed by atoms with Crippen LogP contribution in [0.2, 0.25) is 0 Å². The molecular formula is C19H19N3O3S. The molecule has 0 saturated carbocycles. The van der Waals surface area contributed by atoms with E-state index in [1.807, 2.05) is 30.3 Å². The van der Waals surface area contributed by atoms with Gasteiger partial charge in [0.1, 0.15) is 0 Å². The second-order valence-electron chi connectivity index (χ2n) is 6.15. The number of hydrogen-bond acceptors (Lipinski definition) is 5. The Morgan fingerprint density at radius 1 is 1.12 bits per heavy atom. The van der Waals surface area contributed by atoms with Gasteiger partial charge >= 0.3 is 0 Å². The van der Waals surface area contributed by atoms with Crippen molar-refractivity contribution >= 4 is 40.6 Å². The fraction of sp³-hybridized carbons (Fsp3) is 0.263. The molecule has 2 amide bonds. The number of ether oxygens (including phenoxy) is 1. The molecule has 26 heavy (non-hydrogen) atoms. The average molecular weight is 369 g/mol. The van der Waals surface area contributed by atoms with Crippen molar-refractivity contribution in [1.82, 2.24) is 0 Å². The molecule has 6 nitrogen and oxygen atoms in total. The minimum Gasteiger partial charge on any atom is -0.378 e. The minimum absolute atomic E-state index is 0.0428. The summed E-state index contributed by atoms with van der Waals surface area (Å²) < 4.78 is 5.37. The summed E-state index contributed by atoms with van der Waals surface area (Å²) in [6.45, 7) is 3.24. The number of carbonyl (C=O) groups excluding carboxylic acids is 2. The van der Waals surface area contributed by atoms with E-state index in [1.165, 1.54) is 11.8 Å². The Morgan fingerprint density at radius 3 is 2.65 bits per heavy atom. The number of anilines is 3. The third-order valence-electron chi connectivity index (χ3n) is 4.38. The zero-order chi connectivity index (χ0) is 17.9. The van der Waals surface area contributed by atoms with Gasteiger partial charge in [-0.25, -0.2) is 0 Å². The van der Waals surface area contributed by atoms with Gasteiger partial charge in [-0.1, -0.05) is 0 Å². The first-order valence-corrected chi connectivity index (χ1v) is 9.48. The third kappa shape index (κ3) is 3.68. The van der Waals surface area contributed by atoms with Crippen molar-refractivity contribution in [3.05, 3.63) is 48.0 Å². The summed E-state index contributed by atoms with van der Waals surface area (Å²) in [4.78, 5) is 27.3.